The van der Waals surface area contributed by atoms with Gasteiger partial charge in [0.2, 0.25) is 0 Å². The van der Waals surface area contributed by atoms with Gasteiger partial charge >= 0.3 is 0 Å². The van der Waals surface area contributed by atoms with Crippen molar-refractivity contribution in [2.24, 2.45) is 0 Å². The summed E-state index contributed by atoms with van der Waals surface area (Å²) in [6.45, 7) is 1.46. The number of para-hydroxylation sites is 2. The summed E-state index contributed by atoms with van der Waals surface area (Å²) >= 11 is 0. The van der Waals surface area contributed by atoms with Crippen molar-refractivity contribution < 1.29 is 24.4 Å². The Morgan fingerprint density at radius 3 is 1.65 bits per heavy atom. The highest BCUT2D eigenvalue weighted by Crippen LogP contribution is 2.41. The van der Waals surface area contributed by atoms with Crippen molar-refractivity contribution in [2.45, 2.75) is 25.0 Å². The molecule has 4 rings (SSSR count). The summed E-state index contributed by atoms with van der Waals surface area (Å²) < 4.78 is 16.5. The van der Waals surface area contributed by atoms with Crippen molar-refractivity contribution in [1.82, 2.24) is 0 Å². The molecule has 2 heterocycles. The molecule has 2 aliphatic heterocycles. The first-order valence-corrected chi connectivity index (χ1v) is 7.73. The molecule has 0 amide bonds. The Morgan fingerprint density at radius 2 is 1.26 bits per heavy atom. The Bertz CT molecular complexity index is 658. The zero-order valence-corrected chi connectivity index (χ0v) is 12.6. The third-order valence-electron chi connectivity index (χ3n) is 4.06. The standard InChI is InChI=1S/C18H18O5/c19-15-5-1-3-11(7-13-9-21-13)17(15)23-18-12(8-14-10-22-14)4-2-6-16(18)20/h1-6,13-14,19-20H,7-10H2. The van der Waals surface area contributed by atoms with Crippen LogP contribution in [0.1, 0.15) is 11.1 Å². The molecule has 2 aromatic carbocycles. The number of benzene rings is 2. The van der Waals surface area contributed by atoms with Crippen molar-refractivity contribution in [3.8, 4) is 23.0 Å². The van der Waals surface area contributed by atoms with E-state index in [1.807, 2.05) is 12.1 Å². The Kier molecular flexibility index (Phi) is 3.59. The van der Waals surface area contributed by atoms with Crippen molar-refractivity contribution in [3.63, 3.8) is 0 Å². The van der Waals surface area contributed by atoms with E-state index in [1.165, 1.54) is 0 Å². The quantitative estimate of drug-likeness (QED) is 0.802. The van der Waals surface area contributed by atoms with Gasteiger partial charge < -0.3 is 24.4 Å². The number of phenolic OH excluding ortho intramolecular Hbond substituents is 2. The fourth-order valence-corrected chi connectivity index (χ4v) is 2.66. The van der Waals surface area contributed by atoms with Gasteiger partial charge in [0.25, 0.3) is 0 Å². The maximum atomic E-state index is 10.2. The molecule has 0 spiro atoms. The largest absolute Gasteiger partial charge is 0.504 e. The number of aromatic hydroxyl groups is 2. The molecular formula is C18H18O5. The number of rotatable bonds is 6. The average Bonchev–Trinajstić information content (AvgIpc) is 3.41. The van der Waals surface area contributed by atoms with E-state index in [1.54, 1.807) is 24.3 Å². The van der Waals surface area contributed by atoms with Gasteiger partial charge in [0, 0.05) is 24.0 Å². The average molecular weight is 314 g/mol. The van der Waals surface area contributed by atoms with Crippen molar-refractivity contribution >= 4 is 0 Å². The minimum atomic E-state index is 0.0556. The Labute approximate surface area is 134 Å². The molecule has 2 aromatic rings. The molecule has 0 aliphatic carbocycles. The predicted octanol–water partition coefficient (Wildman–Crippen LogP) is 2.77. The topological polar surface area (TPSA) is 74.8 Å². The van der Waals surface area contributed by atoms with E-state index in [0.717, 1.165) is 24.3 Å². The maximum Gasteiger partial charge on any atom is 0.172 e. The molecular weight excluding hydrogens is 296 g/mol. The number of phenols is 2. The molecule has 2 aliphatic rings. The van der Waals surface area contributed by atoms with E-state index >= 15 is 0 Å². The second-order valence-corrected chi connectivity index (χ2v) is 5.95. The summed E-state index contributed by atoms with van der Waals surface area (Å²) in [5.41, 5.74) is 1.73. The van der Waals surface area contributed by atoms with E-state index in [4.69, 9.17) is 14.2 Å². The van der Waals surface area contributed by atoms with E-state index in [9.17, 15) is 10.2 Å². The normalized spacial score (nSPS) is 21.9. The van der Waals surface area contributed by atoms with Crippen LogP contribution in [0.4, 0.5) is 0 Å². The Hall–Kier alpha value is -2.24. The number of epoxide rings is 2. The summed E-state index contributed by atoms with van der Waals surface area (Å²) in [7, 11) is 0. The van der Waals surface area contributed by atoms with Gasteiger partial charge in [-0.15, -0.1) is 0 Å². The lowest BCUT2D eigenvalue weighted by Crippen LogP contribution is -2.01. The summed E-state index contributed by atoms with van der Waals surface area (Å²) in [5, 5.41) is 20.4. The first-order chi connectivity index (χ1) is 11.2. The lowest BCUT2D eigenvalue weighted by atomic mass is 10.1. The van der Waals surface area contributed by atoms with Crippen molar-refractivity contribution in [2.75, 3.05) is 13.2 Å². The second kappa shape index (κ2) is 5.76. The van der Waals surface area contributed by atoms with E-state index in [0.29, 0.717) is 24.3 Å². The molecule has 0 radical (unpaired) electrons. The fraction of sp³-hybridized carbons (Fsp3) is 0.333. The number of ether oxygens (including phenoxy) is 3. The van der Waals surface area contributed by atoms with E-state index in [-0.39, 0.29) is 23.7 Å². The third kappa shape index (κ3) is 3.25. The fourth-order valence-electron chi connectivity index (χ4n) is 2.66. The Morgan fingerprint density at radius 1 is 0.826 bits per heavy atom. The molecule has 5 nitrogen and oxygen atoms in total. The molecule has 2 N–H and O–H groups in total. The highest BCUT2D eigenvalue weighted by Gasteiger charge is 2.28. The highest BCUT2D eigenvalue weighted by atomic mass is 16.6. The minimum absolute atomic E-state index is 0.0556. The zero-order chi connectivity index (χ0) is 15.8. The molecule has 2 saturated heterocycles. The predicted molar refractivity (Wildman–Crippen MR) is 83.2 cm³/mol. The van der Waals surface area contributed by atoms with Gasteiger partial charge in [-0.1, -0.05) is 24.3 Å². The molecule has 0 saturated carbocycles. The molecule has 5 heteroatoms. The summed E-state index contributed by atoms with van der Waals surface area (Å²) in [6.07, 6.45) is 1.72. The molecule has 120 valence electrons. The van der Waals surface area contributed by atoms with Gasteiger partial charge in [0.15, 0.2) is 23.0 Å². The maximum absolute atomic E-state index is 10.2. The monoisotopic (exact) mass is 314 g/mol. The molecule has 2 fully saturated rings. The van der Waals surface area contributed by atoms with Gasteiger partial charge in [-0.2, -0.15) is 0 Å². The van der Waals surface area contributed by atoms with Crippen molar-refractivity contribution in [3.05, 3.63) is 47.5 Å². The lowest BCUT2D eigenvalue weighted by Gasteiger charge is -2.16. The van der Waals surface area contributed by atoms with Crippen LogP contribution in [-0.4, -0.2) is 35.6 Å². The van der Waals surface area contributed by atoms with Crippen LogP contribution in [0.25, 0.3) is 0 Å². The summed E-state index contributed by atoms with van der Waals surface area (Å²) in [6, 6.07) is 10.5. The second-order valence-electron chi connectivity index (χ2n) is 5.95. The van der Waals surface area contributed by atoms with Gasteiger partial charge in [-0.25, -0.2) is 0 Å². The van der Waals surface area contributed by atoms with Crippen molar-refractivity contribution in [1.29, 1.82) is 0 Å². The molecule has 0 bridgehead atoms. The van der Waals surface area contributed by atoms with Crippen LogP contribution in [0.3, 0.4) is 0 Å². The minimum Gasteiger partial charge on any atom is -0.504 e. The van der Waals surface area contributed by atoms with Gasteiger partial charge in [-0.3, -0.25) is 0 Å². The van der Waals surface area contributed by atoms with Crippen LogP contribution in [0.15, 0.2) is 36.4 Å². The van der Waals surface area contributed by atoms with Crippen LogP contribution < -0.4 is 4.74 Å². The molecule has 0 aromatic heterocycles. The van der Waals surface area contributed by atoms with Crippen LogP contribution in [-0.2, 0) is 22.3 Å². The Balaban J connectivity index is 1.67. The van der Waals surface area contributed by atoms with E-state index in [2.05, 4.69) is 0 Å². The molecule has 2 unspecified atom stereocenters. The van der Waals surface area contributed by atoms with Crippen LogP contribution >= 0.6 is 0 Å². The lowest BCUT2D eigenvalue weighted by molar-refractivity contribution is 0.369. The number of hydrogen-bond acceptors (Lipinski definition) is 5. The van der Waals surface area contributed by atoms with Gasteiger partial charge in [-0.05, 0) is 12.1 Å². The van der Waals surface area contributed by atoms with Gasteiger partial charge in [0.1, 0.15) is 0 Å². The molecule has 2 atom stereocenters. The van der Waals surface area contributed by atoms with E-state index < -0.39 is 0 Å². The smallest absolute Gasteiger partial charge is 0.172 e. The first-order valence-electron chi connectivity index (χ1n) is 7.73. The van der Waals surface area contributed by atoms with Crippen LogP contribution in [0.5, 0.6) is 23.0 Å². The van der Waals surface area contributed by atoms with Gasteiger partial charge in [0.05, 0.1) is 25.4 Å². The molecule has 23 heavy (non-hydrogen) atoms. The highest BCUT2D eigenvalue weighted by molar-refractivity contribution is 5.53. The summed E-state index contributed by atoms with van der Waals surface area (Å²) in [4.78, 5) is 0. The summed E-state index contributed by atoms with van der Waals surface area (Å²) in [5.74, 6) is 0.866. The third-order valence-corrected chi connectivity index (χ3v) is 4.06. The SMILES string of the molecule is Oc1cccc(CC2CO2)c1Oc1c(O)cccc1CC1CO1. The van der Waals surface area contributed by atoms with Crippen LogP contribution in [0.2, 0.25) is 0 Å². The van der Waals surface area contributed by atoms with Crippen LogP contribution in [0, 0.1) is 0 Å². The number of hydrogen-bond donors (Lipinski definition) is 2. The zero-order valence-electron chi connectivity index (χ0n) is 12.6. The first kappa shape index (κ1) is 14.4.